The lowest BCUT2D eigenvalue weighted by Gasteiger charge is -2.32. The first kappa shape index (κ1) is 24.7. The standard InChI is InChI=1S/C23H35N7O3/c1-7-32-12-11-30-22-18(21(26-30)23(31)33-13-10-27(3)4)15-29(28(5)6)16-19(22)25-20-14-17(2)8-9-24-20/h8-9,14,16H,7,10-13,15H2,1-6H3,(H,24,25). The third-order valence-electron chi connectivity index (χ3n) is 5.21. The van der Waals surface area contributed by atoms with Crippen molar-refractivity contribution in [3.05, 3.63) is 47.0 Å². The Bertz CT molecular complexity index is 984. The van der Waals surface area contributed by atoms with E-state index >= 15 is 0 Å². The summed E-state index contributed by atoms with van der Waals surface area (Å²) >= 11 is 0. The second-order valence-electron chi connectivity index (χ2n) is 8.37. The van der Waals surface area contributed by atoms with Gasteiger partial charge in [-0.05, 0) is 45.6 Å². The Morgan fingerprint density at radius 1 is 1.24 bits per heavy atom. The van der Waals surface area contributed by atoms with Gasteiger partial charge in [-0.15, -0.1) is 0 Å². The maximum absolute atomic E-state index is 13.0. The van der Waals surface area contributed by atoms with Crippen molar-refractivity contribution >= 4 is 17.5 Å². The van der Waals surface area contributed by atoms with Gasteiger partial charge >= 0.3 is 5.97 Å². The first-order valence-electron chi connectivity index (χ1n) is 11.1. The number of hydrogen-bond acceptors (Lipinski definition) is 9. The molecular formula is C23H35N7O3. The summed E-state index contributed by atoms with van der Waals surface area (Å²) in [6.45, 7) is 7.06. The summed E-state index contributed by atoms with van der Waals surface area (Å²) in [5.74, 6) is 0.303. The van der Waals surface area contributed by atoms with E-state index in [4.69, 9.17) is 9.47 Å². The van der Waals surface area contributed by atoms with Crippen molar-refractivity contribution < 1.29 is 14.3 Å². The molecule has 1 aliphatic heterocycles. The van der Waals surface area contributed by atoms with E-state index in [1.807, 2.05) is 80.0 Å². The molecule has 180 valence electrons. The van der Waals surface area contributed by atoms with Gasteiger partial charge < -0.3 is 24.7 Å². The molecule has 10 heteroatoms. The summed E-state index contributed by atoms with van der Waals surface area (Å²) in [4.78, 5) is 19.4. The first-order chi connectivity index (χ1) is 15.8. The van der Waals surface area contributed by atoms with Crippen molar-refractivity contribution in [3.63, 3.8) is 0 Å². The number of aromatic nitrogens is 3. The summed E-state index contributed by atoms with van der Waals surface area (Å²) in [5, 5.41) is 12.1. The number of carbonyl (C=O) groups is 1. The van der Waals surface area contributed by atoms with Crippen LogP contribution in [0.1, 0.15) is 34.2 Å². The normalized spacial score (nSPS) is 13.3. The van der Waals surface area contributed by atoms with Crippen LogP contribution < -0.4 is 5.32 Å². The van der Waals surface area contributed by atoms with Gasteiger partial charge in [-0.2, -0.15) is 5.10 Å². The number of nitrogens with zero attached hydrogens (tertiary/aromatic N) is 6. The Hall–Kier alpha value is -2.95. The predicted octanol–water partition coefficient (Wildman–Crippen LogP) is 2.04. The second kappa shape index (κ2) is 11.3. The zero-order chi connectivity index (χ0) is 24.0. The van der Waals surface area contributed by atoms with E-state index in [0.717, 1.165) is 28.3 Å². The Kier molecular flexibility index (Phi) is 8.43. The SMILES string of the molecule is CCOCCn1nc(C(=O)OCCN(C)C)c2c1C(Nc1cc(C)ccn1)=CN(N(C)C)C2. The second-order valence-corrected chi connectivity index (χ2v) is 8.37. The number of hydrazine groups is 1. The highest BCUT2D eigenvalue weighted by Crippen LogP contribution is 2.31. The first-order valence-corrected chi connectivity index (χ1v) is 11.1. The van der Waals surface area contributed by atoms with Crippen LogP contribution in [-0.2, 0) is 22.6 Å². The Morgan fingerprint density at radius 2 is 2.03 bits per heavy atom. The number of fused-ring (bicyclic) bond motifs is 1. The van der Waals surface area contributed by atoms with Gasteiger partial charge in [-0.3, -0.25) is 4.68 Å². The van der Waals surface area contributed by atoms with Crippen molar-refractivity contribution in [3.8, 4) is 0 Å². The van der Waals surface area contributed by atoms with Crippen molar-refractivity contribution in [2.75, 3.05) is 59.9 Å². The van der Waals surface area contributed by atoms with Gasteiger partial charge in [0.05, 0.1) is 31.1 Å². The van der Waals surface area contributed by atoms with Crippen LogP contribution in [0.15, 0.2) is 24.5 Å². The molecule has 0 aliphatic carbocycles. The topological polar surface area (TPSA) is 88.0 Å². The van der Waals surface area contributed by atoms with Crippen LogP contribution in [0, 0.1) is 6.92 Å². The van der Waals surface area contributed by atoms with Crippen LogP contribution >= 0.6 is 0 Å². The third-order valence-corrected chi connectivity index (χ3v) is 5.21. The Labute approximate surface area is 195 Å². The minimum absolute atomic E-state index is 0.304. The molecule has 1 N–H and O–H groups in total. The van der Waals surface area contributed by atoms with E-state index in [1.165, 1.54) is 0 Å². The van der Waals surface area contributed by atoms with Crippen LogP contribution in [0.25, 0.3) is 5.70 Å². The molecule has 0 radical (unpaired) electrons. The molecule has 3 rings (SSSR count). The molecule has 0 saturated heterocycles. The summed E-state index contributed by atoms with van der Waals surface area (Å²) in [6, 6.07) is 3.93. The zero-order valence-electron chi connectivity index (χ0n) is 20.5. The molecule has 0 aromatic carbocycles. The summed E-state index contributed by atoms with van der Waals surface area (Å²) in [7, 11) is 7.79. The number of esters is 1. The Morgan fingerprint density at radius 3 is 2.70 bits per heavy atom. The molecule has 0 bridgehead atoms. The molecule has 0 atom stereocenters. The molecule has 0 spiro atoms. The fourth-order valence-electron chi connectivity index (χ4n) is 3.47. The number of aryl methyl sites for hydroxylation is 1. The van der Waals surface area contributed by atoms with Gasteiger partial charge in [0.2, 0.25) is 0 Å². The summed E-state index contributed by atoms with van der Waals surface area (Å²) in [5.41, 5.74) is 3.89. The highest BCUT2D eigenvalue weighted by atomic mass is 16.5. The van der Waals surface area contributed by atoms with E-state index in [1.54, 1.807) is 6.20 Å². The molecule has 2 aromatic rings. The third kappa shape index (κ3) is 6.31. The zero-order valence-corrected chi connectivity index (χ0v) is 20.5. The van der Waals surface area contributed by atoms with Crippen molar-refractivity contribution in [1.82, 2.24) is 29.7 Å². The molecule has 0 fully saturated rings. The quantitative estimate of drug-likeness (QED) is 0.402. The van der Waals surface area contributed by atoms with E-state index in [9.17, 15) is 4.79 Å². The smallest absolute Gasteiger partial charge is 0.359 e. The highest BCUT2D eigenvalue weighted by molar-refractivity contribution is 5.92. The maximum atomic E-state index is 13.0. The lowest BCUT2D eigenvalue weighted by atomic mass is 10.1. The number of ether oxygens (including phenoxy) is 2. The molecule has 2 aromatic heterocycles. The number of pyridine rings is 1. The summed E-state index contributed by atoms with van der Waals surface area (Å²) < 4.78 is 12.9. The molecule has 0 amide bonds. The van der Waals surface area contributed by atoms with Crippen LogP contribution in [0.3, 0.4) is 0 Å². The number of nitrogens with one attached hydrogen (secondary N) is 1. The minimum Gasteiger partial charge on any atom is -0.460 e. The van der Waals surface area contributed by atoms with Crippen LogP contribution in [0.4, 0.5) is 5.82 Å². The van der Waals surface area contributed by atoms with Crippen LogP contribution in [0.5, 0.6) is 0 Å². The van der Waals surface area contributed by atoms with E-state index in [0.29, 0.717) is 45.1 Å². The van der Waals surface area contributed by atoms with Crippen molar-refractivity contribution in [2.24, 2.45) is 0 Å². The molecule has 0 saturated carbocycles. The van der Waals surface area contributed by atoms with E-state index < -0.39 is 5.97 Å². The molecular weight excluding hydrogens is 422 g/mol. The van der Waals surface area contributed by atoms with Gasteiger partial charge in [-0.25, -0.2) is 14.8 Å². The fraction of sp³-hybridized carbons (Fsp3) is 0.522. The molecule has 1 aliphatic rings. The van der Waals surface area contributed by atoms with Gasteiger partial charge in [-0.1, -0.05) is 0 Å². The Balaban J connectivity index is 2.00. The minimum atomic E-state index is -0.420. The molecule has 0 unspecified atom stereocenters. The average Bonchev–Trinajstić information content (AvgIpc) is 3.12. The number of anilines is 1. The van der Waals surface area contributed by atoms with Gasteiger partial charge in [0, 0.05) is 45.2 Å². The highest BCUT2D eigenvalue weighted by Gasteiger charge is 2.31. The van der Waals surface area contributed by atoms with Crippen molar-refractivity contribution in [1.29, 1.82) is 0 Å². The number of rotatable bonds is 11. The molecule has 10 nitrogen and oxygen atoms in total. The predicted molar refractivity (Wildman–Crippen MR) is 127 cm³/mol. The number of likely N-dealkylation sites (N-methyl/N-ethyl adjacent to an activating group) is 1. The summed E-state index contributed by atoms with van der Waals surface area (Å²) in [6.07, 6.45) is 3.78. The van der Waals surface area contributed by atoms with Gasteiger partial charge in [0.1, 0.15) is 12.4 Å². The van der Waals surface area contributed by atoms with Gasteiger partial charge in [0.15, 0.2) is 5.69 Å². The van der Waals surface area contributed by atoms with Crippen LogP contribution in [0.2, 0.25) is 0 Å². The largest absolute Gasteiger partial charge is 0.460 e. The van der Waals surface area contributed by atoms with E-state index in [-0.39, 0.29) is 0 Å². The number of hydrogen-bond donors (Lipinski definition) is 1. The molecule has 33 heavy (non-hydrogen) atoms. The number of carbonyl (C=O) groups excluding carboxylic acids is 1. The molecule has 3 heterocycles. The maximum Gasteiger partial charge on any atom is 0.359 e. The van der Waals surface area contributed by atoms with Gasteiger partial charge in [0.25, 0.3) is 0 Å². The lowest BCUT2D eigenvalue weighted by molar-refractivity contribution is 0.0462. The monoisotopic (exact) mass is 457 g/mol. The van der Waals surface area contributed by atoms with Crippen LogP contribution in [-0.4, -0.2) is 90.2 Å². The van der Waals surface area contributed by atoms with Crippen molar-refractivity contribution in [2.45, 2.75) is 26.9 Å². The lowest BCUT2D eigenvalue weighted by Crippen LogP contribution is -2.35. The fourth-order valence-corrected chi connectivity index (χ4v) is 3.47. The average molecular weight is 458 g/mol. The van der Waals surface area contributed by atoms with E-state index in [2.05, 4.69) is 15.4 Å².